The summed E-state index contributed by atoms with van der Waals surface area (Å²) in [7, 11) is 3.61. The van der Waals surface area contributed by atoms with Crippen molar-refractivity contribution >= 4 is 5.96 Å². The second-order valence-corrected chi connectivity index (χ2v) is 4.57. The normalized spacial score (nSPS) is 11.5. The summed E-state index contributed by atoms with van der Waals surface area (Å²) in [6.45, 7) is 4.83. The number of aliphatic imine (C=N–C) groups is 1. The van der Waals surface area contributed by atoms with Crippen molar-refractivity contribution in [3.05, 3.63) is 47.3 Å². The number of nitrogens with zero attached hydrogens (tertiary/aromatic N) is 3. The summed E-state index contributed by atoms with van der Waals surface area (Å²) < 4.78 is 1.98. The molecule has 0 aliphatic carbocycles. The van der Waals surface area contributed by atoms with Gasteiger partial charge in [0.25, 0.3) is 0 Å². The molecule has 0 unspecified atom stereocenters. The first-order valence-corrected chi connectivity index (χ1v) is 6.66. The van der Waals surface area contributed by atoms with E-state index in [0.717, 1.165) is 23.0 Å². The van der Waals surface area contributed by atoms with Crippen molar-refractivity contribution in [2.24, 2.45) is 4.99 Å². The highest BCUT2D eigenvalue weighted by Crippen LogP contribution is 2.17. The van der Waals surface area contributed by atoms with Crippen LogP contribution in [0.3, 0.4) is 0 Å². The van der Waals surface area contributed by atoms with E-state index < -0.39 is 0 Å². The maximum Gasteiger partial charge on any atom is 0.190 e. The second kappa shape index (κ2) is 6.23. The predicted molar refractivity (Wildman–Crippen MR) is 82.3 cm³/mol. The Morgan fingerprint density at radius 3 is 2.55 bits per heavy atom. The van der Waals surface area contributed by atoms with Crippen molar-refractivity contribution in [2.45, 2.75) is 20.4 Å². The highest BCUT2D eigenvalue weighted by Gasteiger charge is 2.12. The van der Waals surface area contributed by atoms with Crippen LogP contribution in [0.5, 0.6) is 0 Å². The summed E-state index contributed by atoms with van der Waals surface area (Å²) in [6.07, 6.45) is 0. The largest absolute Gasteiger partial charge is 0.359 e. The number of benzene rings is 1. The molecule has 2 rings (SSSR count). The molecule has 0 aliphatic heterocycles. The van der Waals surface area contributed by atoms with Gasteiger partial charge in [-0.25, -0.2) is 4.68 Å². The van der Waals surface area contributed by atoms with Gasteiger partial charge in [-0.05, 0) is 26.0 Å². The number of guanidine groups is 1. The molecule has 0 spiro atoms. The Morgan fingerprint density at radius 2 is 1.95 bits per heavy atom. The number of para-hydroxylation sites is 1. The monoisotopic (exact) mass is 271 g/mol. The van der Waals surface area contributed by atoms with E-state index in [1.807, 2.05) is 36.9 Å². The molecule has 5 heteroatoms. The topological polar surface area (TPSA) is 54.2 Å². The van der Waals surface area contributed by atoms with Crippen molar-refractivity contribution in [1.29, 1.82) is 0 Å². The molecule has 20 heavy (non-hydrogen) atoms. The molecule has 0 fully saturated rings. The van der Waals surface area contributed by atoms with Gasteiger partial charge >= 0.3 is 0 Å². The lowest BCUT2D eigenvalue weighted by atomic mass is 10.2. The first kappa shape index (κ1) is 14.1. The molecule has 0 saturated carbocycles. The van der Waals surface area contributed by atoms with Crippen LogP contribution in [0.1, 0.15) is 17.0 Å². The lowest BCUT2D eigenvalue weighted by Gasteiger charge is -2.09. The van der Waals surface area contributed by atoms with E-state index in [-0.39, 0.29) is 0 Å². The molecule has 106 valence electrons. The van der Waals surface area contributed by atoms with E-state index in [2.05, 4.69) is 39.8 Å². The molecule has 0 atom stereocenters. The van der Waals surface area contributed by atoms with Crippen LogP contribution in [0.25, 0.3) is 5.69 Å². The lowest BCUT2D eigenvalue weighted by molar-refractivity contribution is 0.827. The van der Waals surface area contributed by atoms with E-state index in [1.54, 1.807) is 7.05 Å². The van der Waals surface area contributed by atoms with E-state index in [9.17, 15) is 0 Å². The SMILES string of the molecule is CN=C(NC)NCc1c(C)nn(-c2ccccc2)c1C. The van der Waals surface area contributed by atoms with Gasteiger partial charge in [0.05, 0.1) is 11.4 Å². The molecule has 0 amide bonds. The molecule has 2 aromatic rings. The van der Waals surface area contributed by atoms with Gasteiger partial charge in [-0.15, -0.1) is 0 Å². The van der Waals surface area contributed by atoms with Gasteiger partial charge in [-0.3, -0.25) is 4.99 Å². The summed E-state index contributed by atoms with van der Waals surface area (Å²) in [5.41, 5.74) is 4.46. The maximum atomic E-state index is 4.63. The quantitative estimate of drug-likeness (QED) is 0.661. The third-order valence-electron chi connectivity index (χ3n) is 3.33. The lowest BCUT2D eigenvalue weighted by Crippen LogP contribution is -2.34. The zero-order valence-corrected chi connectivity index (χ0v) is 12.4. The minimum atomic E-state index is 0.706. The summed E-state index contributed by atoms with van der Waals surface area (Å²) in [5, 5.41) is 10.9. The van der Waals surface area contributed by atoms with E-state index in [1.165, 1.54) is 5.56 Å². The Morgan fingerprint density at radius 1 is 1.25 bits per heavy atom. The van der Waals surface area contributed by atoms with Crippen LogP contribution >= 0.6 is 0 Å². The van der Waals surface area contributed by atoms with Gasteiger partial charge in [0, 0.05) is 31.9 Å². The molecule has 0 aliphatic rings. The Balaban J connectivity index is 2.26. The van der Waals surface area contributed by atoms with Crippen molar-refractivity contribution < 1.29 is 0 Å². The molecule has 1 aromatic carbocycles. The van der Waals surface area contributed by atoms with Gasteiger partial charge in [0.2, 0.25) is 0 Å². The van der Waals surface area contributed by atoms with Crippen LogP contribution in [0.15, 0.2) is 35.3 Å². The van der Waals surface area contributed by atoms with Crippen LogP contribution in [0, 0.1) is 13.8 Å². The zero-order valence-electron chi connectivity index (χ0n) is 12.4. The fourth-order valence-corrected chi connectivity index (χ4v) is 2.20. The summed E-state index contributed by atoms with van der Waals surface area (Å²) >= 11 is 0. The van der Waals surface area contributed by atoms with Crippen molar-refractivity contribution in [3.8, 4) is 5.69 Å². The van der Waals surface area contributed by atoms with E-state index in [4.69, 9.17) is 0 Å². The van der Waals surface area contributed by atoms with Crippen LogP contribution < -0.4 is 10.6 Å². The van der Waals surface area contributed by atoms with Crippen LogP contribution in [0.2, 0.25) is 0 Å². The number of rotatable bonds is 3. The molecule has 2 N–H and O–H groups in total. The molecule has 0 radical (unpaired) electrons. The second-order valence-electron chi connectivity index (χ2n) is 4.57. The first-order valence-electron chi connectivity index (χ1n) is 6.66. The number of nitrogens with one attached hydrogen (secondary N) is 2. The van der Waals surface area contributed by atoms with Crippen LogP contribution in [-0.4, -0.2) is 29.8 Å². The molecule has 1 heterocycles. The van der Waals surface area contributed by atoms with Crippen LogP contribution in [0.4, 0.5) is 0 Å². The Hall–Kier alpha value is -2.30. The third-order valence-corrected chi connectivity index (χ3v) is 3.33. The van der Waals surface area contributed by atoms with E-state index >= 15 is 0 Å². The summed E-state index contributed by atoms with van der Waals surface area (Å²) in [4.78, 5) is 4.11. The first-order chi connectivity index (χ1) is 9.67. The smallest absolute Gasteiger partial charge is 0.190 e. The average molecular weight is 271 g/mol. The number of aryl methyl sites for hydroxylation is 1. The minimum Gasteiger partial charge on any atom is -0.359 e. The predicted octanol–water partition coefficient (Wildman–Crippen LogP) is 1.78. The maximum absolute atomic E-state index is 4.63. The van der Waals surface area contributed by atoms with Gasteiger partial charge in [0.15, 0.2) is 5.96 Å². The zero-order chi connectivity index (χ0) is 14.5. The van der Waals surface area contributed by atoms with Gasteiger partial charge in [-0.1, -0.05) is 18.2 Å². The van der Waals surface area contributed by atoms with E-state index in [0.29, 0.717) is 6.54 Å². The summed E-state index contributed by atoms with van der Waals surface area (Å²) in [5.74, 6) is 0.774. The third kappa shape index (κ3) is 2.82. The standard InChI is InChI=1S/C15H21N5/c1-11-14(10-18-15(16-3)17-4)12(2)20(19-11)13-8-6-5-7-9-13/h5-9H,10H2,1-4H3,(H2,16,17,18). The highest BCUT2D eigenvalue weighted by molar-refractivity contribution is 5.79. The Bertz CT molecular complexity index is 598. The molecule has 0 bridgehead atoms. The number of hydrogen-bond acceptors (Lipinski definition) is 2. The number of hydrogen-bond donors (Lipinski definition) is 2. The minimum absolute atomic E-state index is 0.706. The molecule has 0 saturated heterocycles. The Labute approximate surface area is 119 Å². The molecular weight excluding hydrogens is 250 g/mol. The van der Waals surface area contributed by atoms with Gasteiger partial charge < -0.3 is 10.6 Å². The van der Waals surface area contributed by atoms with Gasteiger partial charge in [-0.2, -0.15) is 5.10 Å². The van der Waals surface area contributed by atoms with Crippen LogP contribution in [-0.2, 0) is 6.54 Å². The average Bonchev–Trinajstić information content (AvgIpc) is 2.77. The van der Waals surface area contributed by atoms with Crippen molar-refractivity contribution in [2.75, 3.05) is 14.1 Å². The number of aromatic nitrogens is 2. The van der Waals surface area contributed by atoms with Crippen molar-refractivity contribution in [3.63, 3.8) is 0 Å². The summed E-state index contributed by atoms with van der Waals surface area (Å²) in [6, 6.07) is 10.2. The fourth-order valence-electron chi connectivity index (χ4n) is 2.20. The Kier molecular flexibility index (Phi) is 4.40. The highest BCUT2D eigenvalue weighted by atomic mass is 15.3. The molecule has 5 nitrogen and oxygen atoms in total. The molecular formula is C15H21N5. The van der Waals surface area contributed by atoms with Crippen molar-refractivity contribution in [1.82, 2.24) is 20.4 Å². The molecule has 1 aromatic heterocycles. The fraction of sp³-hybridized carbons (Fsp3) is 0.333. The van der Waals surface area contributed by atoms with Gasteiger partial charge in [0.1, 0.15) is 0 Å².